The van der Waals surface area contributed by atoms with Gasteiger partial charge in [0.05, 0.1) is 11.6 Å². The fraction of sp³-hybridized carbons (Fsp3) is 0.600. The molecule has 0 aromatic heterocycles. The normalized spacial score (nSPS) is 13.4. The van der Waals surface area contributed by atoms with Crippen LogP contribution in [0.2, 0.25) is 10.0 Å². The van der Waals surface area contributed by atoms with Crippen molar-refractivity contribution in [1.29, 1.82) is 0 Å². The van der Waals surface area contributed by atoms with Crippen molar-refractivity contribution in [3.8, 4) is 5.75 Å². The molecule has 0 saturated carbocycles. The second-order valence-corrected chi connectivity index (χ2v) is 6.41. The maximum atomic E-state index is 6.39. The summed E-state index contributed by atoms with van der Waals surface area (Å²) in [6.45, 7) is 12.0. The molecule has 0 saturated heterocycles. The molecule has 1 aromatic rings. The summed E-state index contributed by atoms with van der Waals surface area (Å²) in [6.07, 6.45) is 0. The smallest absolute Gasteiger partial charge is 0.139 e. The van der Waals surface area contributed by atoms with Gasteiger partial charge in [0.1, 0.15) is 5.75 Å². The molecule has 0 aliphatic carbocycles. The van der Waals surface area contributed by atoms with E-state index < -0.39 is 0 Å². The minimum absolute atomic E-state index is 0.0517. The zero-order chi connectivity index (χ0) is 14.6. The van der Waals surface area contributed by atoms with Crippen LogP contribution in [0.1, 0.15) is 46.2 Å². The summed E-state index contributed by atoms with van der Waals surface area (Å²) in [5.74, 6) is 0.641. The molecule has 0 amide bonds. The first-order chi connectivity index (χ1) is 8.81. The summed E-state index contributed by atoms with van der Waals surface area (Å²) in [7, 11) is 0. The van der Waals surface area contributed by atoms with Gasteiger partial charge >= 0.3 is 0 Å². The topological polar surface area (TPSA) is 21.3 Å². The molecule has 0 aliphatic rings. The van der Waals surface area contributed by atoms with E-state index in [1.165, 1.54) is 0 Å². The lowest BCUT2D eigenvalue weighted by atomic mass is 9.82. The molecule has 0 fully saturated rings. The number of nitrogens with one attached hydrogen (secondary N) is 1. The first kappa shape index (κ1) is 16.6. The maximum Gasteiger partial charge on any atom is 0.139 e. The van der Waals surface area contributed by atoms with Gasteiger partial charge in [-0.1, -0.05) is 50.9 Å². The Morgan fingerprint density at radius 2 is 1.79 bits per heavy atom. The van der Waals surface area contributed by atoms with Gasteiger partial charge in [0.15, 0.2) is 0 Å². The first-order valence-corrected chi connectivity index (χ1v) is 7.42. The second kappa shape index (κ2) is 6.83. The number of halogens is 2. The molecule has 19 heavy (non-hydrogen) atoms. The highest BCUT2D eigenvalue weighted by Crippen LogP contribution is 2.40. The van der Waals surface area contributed by atoms with Crippen LogP contribution in [0.4, 0.5) is 0 Å². The fourth-order valence-electron chi connectivity index (χ4n) is 2.12. The van der Waals surface area contributed by atoms with Crippen molar-refractivity contribution < 1.29 is 4.74 Å². The highest BCUT2D eigenvalue weighted by Gasteiger charge is 2.28. The zero-order valence-corrected chi connectivity index (χ0v) is 13.8. The van der Waals surface area contributed by atoms with Crippen LogP contribution in [-0.2, 0) is 0 Å². The van der Waals surface area contributed by atoms with Crippen molar-refractivity contribution >= 4 is 23.2 Å². The van der Waals surface area contributed by atoms with Gasteiger partial charge in [-0.05, 0) is 30.5 Å². The number of benzene rings is 1. The van der Waals surface area contributed by atoms with E-state index in [1.54, 1.807) is 6.07 Å². The van der Waals surface area contributed by atoms with Gasteiger partial charge in [0.25, 0.3) is 0 Å². The quantitative estimate of drug-likeness (QED) is 0.818. The molecule has 1 atom stereocenters. The molecule has 0 heterocycles. The Bertz CT molecular complexity index is 427. The van der Waals surface area contributed by atoms with E-state index in [9.17, 15) is 0 Å². The van der Waals surface area contributed by atoms with Crippen LogP contribution in [0.5, 0.6) is 5.75 Å². The van der Waals surface area contributed by atoms with E-state index >= 15 is 0 Å². The van der Waals surface area contributed by atoms with Crippen LogP contribution in [0, 0.1) is 5.41 Å². The molecule has 0 aliphatic heterocycles. The lowest BCUT2D eigenvalue weighted by Gasteiger charge is -2.32. The average Bonchev–Trinajstić information content (AvgIpc) is 2.30. The third kappa shape index (κ3) is 4.27. The van der Waals surface area contributed by atoms with Crippen molar-refractivity contribution in [3.63, 3.8) is 0 Å². The van der Waals surface area contributed by atoms with Crippen LogP contribution in [0.15, 0.2) is 12.1 Å². The molecule has 0 bridgehead atoms. The van der Waals surface area contributed by atoms with E-state index in [2.05, 4.69) is 33.0 Å². The lowest BCUT2D eigenvalue weighted by molar-refractivity contribution is 0.276. The van der Waals surface area contributed by atoms with Crippen LogP contribution in [0.25, 0.3) is 0 Å². The summed E-state index contributed by atoms with van der Waals surface area (Å²) < 4.78 is 5.46. The van der Waals surface area contributed by atoms with Gasteiger partial charge in [0.2, 0.25) is 0 Å². The van der Waals surface area contributed by atoms with Crippen molar-refractivity contribution in [2.45, 2.75) is 40.7 Å². The van der Waals surface area contributed by atoms with E-state index in [0.29, 0.717) is 22.4 Å². The van der Waals surface area contributed by atoms with Crippen molar-refractivity contribution in [2.75, 3.05) is 13.2 Å². The Labute approximate surface area is 126 Å². The zero-order valence-electron chi connectivity index (χ0n) is 12.3. The number of ether oxygens (including phenoxy) is 1. The SMILES string of the molecule is CCNC(c1cc(Cl)c(OCC)cc1Cl)C(C)(C)C. The van der Waals surface area contributed by atoms with Gasteiger partial charge in [-0.2, -0.15) is 0 Å². The summed E-state index contributed by atoms with van der Waals surface area (Å²) in [4.78, 5) is 0. The summed E-state index contributed by atoms with van der Waals surface area (Å²) in [6, 6.07) is 3.87. The van der Waals surface area contributed by atoms with Gasteiger partial charge in [-0.15, -0.1) is 0 Å². The summed E-state index contributed by atoms with van der Waals surface area (Å²) in [5.41, 5.74) is 1.07. The third-order valence-corrected chi connectivity index (χ3v) is 3.56. The van der Waals surface area contributed by atoms with Crippen molar-refractivity contribution in [1.82, 2.24) is 5.32 Å². The minimum atomic E-state index is 0.0517. The summed E-state index contributed by atoms with van der Waals surface area (Å²) in [5, 5.41) is 4.77. The Morgan fingerprint density at radius 3 is 2.26 bits per heavy atom. The highest BCUT2D eigenvalue weighted by molar-refractivity contribution is 6.34. The Kier molecular flexibility index (Phi) is 5.97. The maximum absolute atomic E-state index is 6.39. The largest absolute Gasteiger partial charge is 0.492 e. The van der Waals surface area contributed by atoms with Crippen molar-refractivity contribution in [3.05, 3.63) is 27.7 Å². The Balaban J connectivity index is 3.21. The minimum Gasteiger partial charge on any atom is -0.492 e. The molecular formula is C15H23Cl2NO. The second-order valence-electron chi connectivity index (χ2n) is 5.59. The van der Waals surface area contributed by atoms with E-state index in [1.807, 2.05) is 13.0 Å². The molecule has 1 N–H and O–H groups in total. The first-order valence-electron chi connectivity index (χ1n) is 6.66. The van der Waals surface area contributed by atoms with Crippen LogP contribution in [-0.4, -0.2) is 13.2 Å². The molecule has 1 unspecified atom stereocenters. The predicted molar refractivity (Wildman–Crippen MR) is 83.5 cm³/mol. The van der Waals surface area contributed by atoms with E-state index in [4.69, 9.17) is 27.9 Å². The molecule has 0 radical (unpaired) electrons. The highest BCUT2D eigenvalue weighted by atomic mass is 35.5. The van der Waals surface area contributed by atoms with Gasteiger partial charge in [0, 0.05) is 17.1 Å². The van der Waals surface area contributed by atoms with Crippen molar-refractivity contribution in [2.24, 2.45) is 5.41 Å². The van der Waals surface area contributed by atoms with Gasteiger partial charge in [-0.3, -0.25) is 0 Å². The summed E-state index contributed by atoms with van der Waals surface area (Å²) >= 11 is 12.7. The fourth-order valence-corrected chi connectivity index (χ4v) is 2.61. The molecular weight excluding hydrogens is 281 g/mol. The number of hydrogen-bond donors (Lipinski definition) is 1. The predicted octanol–water partition coefficient (Wildman–Crippen LogP) is 5.09. The third-order valence-electron chi connectivity index (χ3n) is 2.94. The molecule has 4 heteroatoms. The standard InChI is InChI=1S/C15H23Cl2NO/c1-6-18-14(15(3,4)5)10-8-12(17)13(19-7-2)9-11(10)16/h8-9,14,18H,6-7H2,1-5H3. The molecule has 108 valence electrons. The monoisotopic (exact) mass is 303 g/mol. The van der Waals surface area contributed by atoms with Gasteiger partial charge in [-0.25, -0.2) is 0 Å². The van der Waals surface area contributed by atoms with Gasteiger partial charge < -0.3 is 10.1 Å². The molecule has 1 rings (SSSR count). The van der Waals surface area contributed by atoms with E-state index in [-0.39, 0.29) is 11.5 Å². The van der Waals surface area contributed by atoms with Crippen LogP contribution in [0.3, 0.4) is 0 Å². The lowest BCUT2D eigenvalue weighted by Crippen LogP contribution is -2.32. The Morgan fingerprint density at radius 1 is 1.16 bits per heavy atom. The number of rotatable bonds is 5. The Hall–Kier alpha value is -0.440. The van der Waals surface area contributed by atoms with Crippen LogP contribution < -0.4 is 10.1 Å². The molecule has 0 spiro atoms. The van der Waals surface area contributed by atoms with Crippen LogP contribution >= 0.6 is 23.2 Å². The molecule has 1 aromatic carbocycles. The van der Waals surface area contributed by atoms with E-state index in [0.717, 1.165) is 12.1 Å². The average molecular weight is 304 g/mol. The molecule has 2 nitrogen and oxygen atoms in total. The number of hydrogen-bond acceptors (Lipinski definition) is 2.